The molecule has 0 heterocycles. The summed E-state index contributed by atoms with van der Waals surface area (Å²) in [7, 11) is -3.99. The molecule has 0 bridgehead atoms. The van der Waals surface area contributed by atoms with Crippen molar-refractivity contribution in [1.29, 1.82) is 0 Å². The summed E-state index contributed by atoms with van der Waals surface area (Å²) in [6.45, 7) is 0. The van der Waals surface area contributed by atoms with Gasteiger partial charge in [0.15, 0.2) is 0 Å². The van der Waals surface area contributed by atoms with Gasteiger partial charge >= 0.3 is 0 Å². The highest BCUT2D eigenvalue weighted by Gasteiger charge is 2.17. The number of azo groups is 1. The number of nitrogens with two attached hydrogens (primary N) is 3. The molecule has 20 heavy (non-hydrogen) atoms. The molecule has 2 aromatic rings. The zero-order chi connectivity index (χ0) is 14.8. The van der Waals surface area contributed by atoms with E-state index in [4.69, 9.17) is 16.6 Å². The van der Waals surface area contributed by atoms with Gasteiger partial charge in [0.2, 0.25) is 10.0 Å². The Morgan fingerprint density at radius 1 is 0.800 bits per heavy atom. The van der Waals surface area contributed by atoms with Crippen LogP contribution in [-0.2, 0) is 10.0 Å². The van der Waals surface area contributed by atoms with Crippen molar-refractivity contribution in [3.8, 4) is 0 Å². The van der Waals surface area contributed by atoms with Gasteiger partial charge in [-0.1, -0.05) is 18.2 Å². The Labute approximate surface area is 116 Å². The lowest BCUT2D eigenvalue weighted by molar-refractivity contribution is 0.598. The molecule has 8 heteroatoms. The molecule has 0 aromatic heterocycles. The van der Waals surface area contributed by atoms with Crippen LogP contribution in [0.3, 0.4) is 0 Å². The maximum atomic E-state index is 11.5. The van der Waals surface area contributed by atoms with Gasteiger partial charge in [-0.2, -0.15) is 0 Å². The fourth-order valence-corrected chi connectivity index (χ4v) is 2.41. The number of sulfonamides is 1. The Morgan fingerprint density at radius 3 is 2.00 bits per heavy atom. The fraction of sp³-hybridized carbons (Fsp3) is 0. The van der Waals surface area contributed by atoms with Crippen LogP contribution >= 0.6 is 0 Å². The molecule has 0 spiro atoms. The number of hydrogen-bond acceptors (Lipinski definition) is 6. The molecule has 6 N–H and O–H groups in total. The highest BCUT2D eigenvalue weighted by molar-refractivity contribution is 7.89. The van der Waals surface area contributed by atoms with Gasteiger partial charge in [0.05, 0.1) is 11.4 Å². The van der Waals surface area contributed by atoms with E-state index in [9.17, 15) is 8.42 Å². The molecule has 104 valence electrons. The lowest BCUT2D eigenvalue weighted by atomic mass is 10.3. The predicted molar refractivity (Wildman–Crippen MR) is 77.3 cm³/mol. The van der Waals surface area contributed by atoms with Crippen LogP contribution in [0.1, 0.15) is 0 Å². The summed E-state index contributed by atoms with van der Waals surface area (Å²) < 4.78 is 23.0. The van der Waals surface area contributed by atoms with Crippen molar-refractivity contribution < 1.29 is 8.42 Å². The lowest BCUT2D eigenvalue weighted by Gasteiger charge is -2.05. The van der Waals surface area contributed by atoms with Gasteiger partial charge in [0.1, 0.15) is 16.3 Å². The summed E-state index contributed by atoms with van der Waals surface area (Å²) in [5, 5.41) is 12.9. The maximum Gasteiger partial charge on any atom is 0.242 e. The Balaban J connectivity index is 2.51. The number of para-hydroxylation sites is 1. The second kappa shape index (κ2) is 5.27. The minimum absolute atomic E-state index is 0.0185. The van der Waals surface area contributed by atoms with E-state index < -0.39 is 10.0 Å². The summed E-state index contributed by atoms with van der Waals surface area (Å²) >= 11 is 0. The molecule has 0 fully saturated rings. The van der Waals surface area contributed by atoms with Crippen LogP contribution in [-0.4, -0.2) is 8.42 Å². The zero-order valence-corrected chi connectivity index (χ0v) is 11.2. The molecule has 7 nitrogen and oxygen atoms in total. The van der Waals surface area contributed by atoms with E-state index >= 15 is 0 Å². The van der Waals surface area contributed by atoms with E-state index in [0.717, 1.165) is 0 Å². The topological polar surface area (TPSA) is 137 Å². The number of primary sulfonamides is 1. The molecular weight excluding hydrogens is 278 g/mol. The minimum atomic E-state index is -3.99. The predicted octanol–water partition coefficient (Wildman–Crippen LogP) is 1.91. The fourth-order valence-electron chi connectivity index (χ4n) is 1.62. The van der Waals surface area contributed by atoms with E-state index in [0.29, 0.717) is 11.4 Å². The number of nitrogens with zero attached hydrogens (tertiary/aromatic N) is 2. The average molecular weight is 291 g/mol. The number of anilines is 2. The van der Waals surface area contributed by atoms with Crippen molar-refractivity contribution in [1.82, 2.24) is 0 Å². The number of nitrogen functional groups attached to an aromatic ring is 2. The Morgan fingerprint density at radius 2 is 1.35 bits per heavy atom. The first kappa shape index (κ1) is 14.0. The van der Waals surface area contributed by atoms with E-state index in [-0.39, 0.29) is 16.3 Å². The first-order valence-electron chi connectivity index (χ1n) is 5.57. The van der Waals surface area contributed by atoms with Gasteiger partial charge < -0.3 is 11.5 Å². The highest BCUT2D eigenvalue weighted by atomic mass is 32.2. The third-order valence-electron chi connectivity index (χ3n) is 2.51. The molecule has 0 amide bonds. The van der Waals surface area contributed by atoms with Crippen LogP contribution in [0.4, 0.5) is 22.7 Å². The molecule has 0 aliphatic heterocycles. The Bertz CT molecular complexity index is 771. The van der Waals surface area contributed by atoms with Gasteiger partial charge in [-0.25, -0.2) is 13.6 Å². The van der Waals surface area contributed by atoms with Gasteiger partial charge in [0, 0.05) is 0 Å². The van der Waals surface area contributed by atoms with Crippen molar-refractivity contribution in [3.63, 3.8) is 0 Å². The molecule has 0 atom stereocenters. The summed E-state index contributed by atoms with van der Waals surface area (Å²) in [5.41, 5.74) is 12.3. The lowest BCUT2D eigenvalue weighted by Crippen LogP contribution is -2.14. The summed E-state index contributed by atoms with van der Waals surface area (Å²) in [6.07, 6.45) is 0. The van der Waals surface area contributed by atoms with Crippen LogP contribution in [0.25, 0.3) is 0 Å². The van der Waals surface area contributed by atoms with Crippen LogP contribution in [0.15, 0.2) is 57.6 Å². The molecule has 0 aliphatic rings. The normalized spacial score (nSPS) is 11.8. The largest absolute Gasteiger partial charge is 0.398 e. The van der Waals surface area contributed by atoms with Crippen LogP contribution in [0.5, 0.6) is 0 Å². The molecular formula is C12H13N5O2S. The SMILES string of the molecule is Nc1ccccc1N=Nc1cccc(N)c1S(N)(=O)=O. The molecule has 2 aromatic carbocycles. The number of benzene rings is 2. The van der Waals surface area contributed by atoms with Gasteiger partial charge in [-0.05, 0) is 24.3 Å². The third kappa shape index (κ3) is 2.92. The van der Waals surface area contributed by atoms with E-state index in [1.165, 1.54) is 12.1 Å². The molecule has 0 aliphatic carbocycles. The van der Waals surface area contributed by atoms with E-state index in [1.807, 2.05) is 0 Å². The highest BCUT2D eigenvalue weighted by Crippen LogP contribution is 2.31. The second-order valence-corrected chi connectivity index (χ2v) is 5.50. The molecule has 2 rings (SSSR count). The van der Waals surface area contributed by atoms with Crippen molar-refractivity contribution in [2.75, 3.05) is 11.5 Å². The number of rotatable bonds is 3. The van der Waals surface area contributed by atoms with E-state index in [2.05, 4.69) is 10.2 Å². The Kier molecular flexibility index (Phi) is 3.68. The van der Waals surface area contributed by atoms with Crippen molar-refractivity contribution in [2.45, 2.75) is 4.90 Å². The summed E-state index contributed by atoms with van der Waals surface area (Å²) in [5.74, 6) is 0. The summed E-state index contributed by atoms with van der Waals surface area (Å²) in [4.78, 5) is -0.252. The van der Waals surface area contributed by atoms with Gasteiger partial charge in [-0.15, -0.1) is 10.2 Å². The average Bonchev–Trinajstić information content (AvgIpc) is 2.36. The van der Waals surface area contributed by atoms with E-state index in [1.54, 1.807) is 30.3 Å². The molecule has 0 unspecified atom stereocenters. The molecule has 0 radical (unpaired) electrons. The first-order chi connectivity index (χ1) is 9.39. The third-order valence-corrected chi connectivity index (χ3v) is 3.53. The second-order valence-electron chi connectivity index (χ2n) is 4.00. The van der Waals surface area contributed by atoms with Crippen LogP contribution < -0.4 is 16.6 Å². The van der Waals surface area contributed by atoms with Crippen LogP contribution in [0.2, 0.25) is 0 Å². The quantitative estimate of drug-likeness (QED) is 0.587. The van der Waals surface area contributed by atoms with Gasteiger partial charge in [-0.3, -0.25) is 0 Å². The standard InChI is InChI=1S/C12H13N5O2S/c13-8-4-1-2-6-10(8)16-17-11-7-3-5-9(14)12(11)20(15,18)19/h1-7H,13-14H2,(H2,15,18,19). The zero-order valence-electron chi connectivity index (χ0n) is 10.4. The maximum absolute atomic E-state index is 11.5. The minimum Gasteiger partial charge on any atom is -0.398 e. The Hall–Kier alpha value is -2.45. The first-order valence-corrected chi connectivity index (χ1v) is 7.12. The van der Waals surface area contributed by atoms with Crippen molar-refractivity contribution >= 4 is 32.8 Å². The summed E-state index contributed by atoms with van der Waals surface area (Å²) in [6, 6.07) is 11.3. The smallest absolute Gasteiger partial charge is 0.242 e. The van der Waals surface area contributed by atoms with Crippen molar-refractivity contribution in [2.24, 2.45) is 15.4 Å². The monoisotopic (exact) mass is 291 g/mol. The van der Waals surface area contributed by atoms with Gasteiger partial charge in [0.25, 0.3) is 0 Å². The molecule has 0 saturated heterocycles. The molecule has 0 saturated carbocycles. The van der Waals surface area contributed by atoms with Crippen molar-refractivity contribution in [3.05, 3.63) is 42.5 Å². The number of hydrogen-bond donors (Lipinski definition) is 3. The van der Waals surface area contributed by atoms with Crippen LogP contribution in [0, 0.1) is 0 Å².